The molecule has 0 aromatic carbocycles. The van der Waals surface area contributed by atoms with E-state index in [0.29, 0.717) is 0 Å². The number of carbonyl (C=O) groups is 2. The van der Waals surface area contributed by atoms with Gasteiger partial charge in [-0.2, -0.15) is 0 Å². The summed E-state index contributed by atoms with van der Waals surface area (Å²) >= 11 is 0. The Labute approximate surface area is 96.9 Å². The number of nitrogens with one attached hydrogen (secondary N) is 2. The van der Waals surface area contributed by atoms with Crippen LogP contribution >= 0.6 is 0 Å². The van der Waals surface area contributed by atoms with Crippen LogP contribution in [0.15, 0.2) is 0 Å². The topological polar surface area (TPSA) is 117 Å². The van der Waals surface area contributed by atoms with Gasteiger partial charge in [0.1, 0.15) is 23.9 Å². The summed E-state index contributed by atoms with van der Waals surface area (Å²) < 4.78 is 10.1. The average molecular weight is 246 g/mol. The van der Waals surface area contributed by atoms with Crippen molar-refractivity contribution in [2.45, 2.75) is 37.1 Å². The lowest BCUT2D eigenvalue weighted by atomic mass is 9.90. The van der Waals surface area contributed by atoms with Gasteiger partial charge in [0.15, 0.2) is 6.29 Å². The molecule has 0 radical (unpaired) electrons. The van der Waals surface area contributed by atoms with Gasteiger partial charge in [-0.25, -0.2) is 4.79 Å². The summed E-state index contributed by atoms with van der Waals surface area (Å²) in [6.07, 6.45) is -4.70. The molecule has 2 fully saturated rings. The summed E-state index contributed by atoms with van der Waals surface area (Å²) in [4.78, 5) is 22.7. The number of methoxy groups -OCH3 is 1. The number of imide groups is 1. The highest BCUT2D eigenvalue weighted by atomic mass is 16.7. The molecule has 2 aliphatic heterocycles. The van der Waals surface area contributed by atoms with Crippen molar-refractivity contribution in [3.8, 4) is 0 Å². The van der Waals surface area contributed by atoms with Gasteiger partial charge in [0.2, 0.25) is 0 Å². The lowest BCUT2D eigenvalue weighted by Gasteiger charge is -2.29. The molecule has 0 saturated carbocycles. The predicted octanol–water partition coefficient (Wildman–Crippen LogP) is -2.32. The van der Waals surface area contributed by atoms with E-state index in [2.05, 4.69) is 5.32 Å². The van der Waals surface area contributed by atoms with E-state index in [-0.39, 0.29) is 0 Å². The fourth-order valence-corrected chi connectivity index (χ4v) is 2.08. The molecule has 2 aliphatic rings. The highest BCUT2D eigenvalue weighted by molar-refractivity contribution is 6.07. The lowest BCUT2D eigenvalue weighted by Crippen LogP contribution is -2.58. The minimum Gasteiger partial charge on any atom is -0.387 e. The normalized spacial score (nSPS) is 45.9. The Balaban J connectivity index is 2.23. The molecule has 2 heterocycles. The third kappa shape index (κ3) is 1.69. The van der Waals surface area contributed by atoms with E-state index in [1.165, 1.54) is 14.0 Å². The van der Waals surface area contributed by atoms with Crippen LogP contribution in [0.3, 0.4) is 0 Å². The SMILES string of the molecule is CO[C@@H]1O[C@@H]([C@]2(C)NC(=O)NC2=O)[C@@H](O)[C@H]1O. The molecule has 0 spiro atoms. The van der Waals surface area contributed by atoms with E-state index >= 15 is 0 Å². The molecule has 4 N–H and O–H groups in total. The lowest BCUT2D eigenvalue weighted by molar-refractivity contribution is -0.162. The first-order valence-electron chi connectivity index (χ1n) is 5.08. The van der Waals surface area contributed by atoms with Gasteiger partial charge in [-0.1, -0.05) is 0 Å². The van der Waals surface area contributed by atoms with Crippen molar-refractivity contribution >= 4 is 11.9 Å². The second-order valence-corrected chi connectivity index (χ2v) is 4.25. The van der Waals surface area contributed by atoms with Crippen LogP contribution in [0.25, 0.3) is 0 Å². The van der Waals surface area contributed by atoms with Gasteiger partial charge < -0.3 is 25.0 Å². The third-order valence-corrected chi connectivity index (χ3v) is 3.09. The smallest absolute Gasteiger partial charge is 0.322 e. The Bertz CT molecular complexity index is 361. The number of aliphatic hydroxyl groups is 2. The van der Waals surface area contributed by atoms with Crippen molar-refractivity contribution in [1.82, 2.24) is 10.6 Å². The van der Waals surface area contributed by atoms with Crippen molar-refractivity contribution in [2.24, 2.45) is 0 Å². The number of hydrogen-bond acceptors (Lipinski definition) is 6. The molecule has 0 aromatic rings. The van der Waals surface area contributed by atoms with Gasteiger partial charge in [0, 0.05) is 7.11 Å². The highest BCUT2D eigenvalue weighted by Gasteiger charge is 2.58. The van der Waals surface area contributed by atoms with Gasteiger partial charge in [-0.15, -0.1) is 0 Å². The molecular weight excluding hydrogens is 232 g/mol. The molecule has 0 unspecified atom stereocenters. The fraction of sp³-hybridized carbons (Fsp3) is 0.778. The quantitative estimate of drug-likeness (QED) is 0.406. The minimum absolute atomic E-state index is 0.615. The molecular formula is C9H14N2O6. The van der Waals surface area contributed by atoms with Crippen LogP contribution in [0.5, 0.6) is 0 Å². The molecule has 8 nitrogen and oxygen atoms in total. The van der Waals surface area contributed by atoms with Crippen molar-refractivity contribution < 1.29 is 29.3 Å². The molecule has 17 heavy (non-hydrogen) atoms. The molecule has 3 amide bonds. The molecule has 2 rings (SSSR count). The zero-order valence-corrected chi connectivity index (χ0v) is 9.34. The van der Waals surface area contributed by atoms with E-state index < -0.39 is 42.1 Å². The predicted molar refractivity (Wildman–Crippen MR) is 52.8 cm³/mol. The van der Waals surface area contributed by atoms with Gasteiger partial charge in [0.05, 0.1) is 0 Å². The molecule has 0 aromatic heterocycles. The standard InChI is InChI=1S/C9H14N2O6/c1-9(7(14)10-8(15)11-9)5-3(12)4(13)6(16-2)17-5/h3-6,12-13H,1-2H3,(H2,10,11,14,15)/t3-,4+,5+,6+,9-/m0/s1. The van der Waals surface area contributed by atoms with E-state index in [9.17, 15) is 19.8 Å². The van der Waals surface area contributed by atoms with Crippen LogP contribution in [0.4, 0.5) is 4.79 Å². The largest absolute Gasteiger partial charge is 0.387 e. The summed E-state index contributed by atoms with van der Waals surface area (Å²) in [5.41, 5.74) is -1.43. The number of amides is 3. The molecule has 96 valence electrons. The van der Waals surface area contributed by atoms with Crippen molar-refractivity contribution in [3.05, 3.63) is 0 Å². The third-order valence-electron chi connectivity index (χ3n) is 3.09. The van der Waals surface area contributed by atoms with Crippen LogP contribution in [-0.2, 0) is 14.3 Å². The molecule has 2 saturated heterocycles. The first-order valence-corrected chi connectivity index (χ1v) is 5.08. The molecule has 0 bridgehead atoms. The zero-order valence-electron chi connectivity index (χ0n) is 9.34. The van der Waals surface area contributed by atoms with Crippen molar-refractivity contribution in [2.75, 3.05) is 7.11 Å². The number of ether oxygens (including phenoxy) is 2. The second kappa shape index (κ2) is 3.91. The Kier molecular flexibility index (Phi) is 2.82. The van der Waals surface area contributed by atoms with E-state index in [1.807, 2.05) is 5.32 Å². The summed E-state index contributed by atoms with van der Waals surface area (Å²) in [6, 6.07) is -0.663. The van der Waals surface area contributed by atoms with Gasteiger partial charge in [-0.05, 0) is 6.92 Å². The van der Waals surface area contributed by atoms with E-state index in [1.54, 1.807) is 0 Å². The van der Waals surface area contributed by atoms with E-state index in [4.69, 9.17) is 9.47 Å². The van der Waals surface area contributed by atoms with Crippen LogP contribution in [0.2, 0.25) is 0 Å². The first kappa shape index (κ1) is 12.2. The Hall–Kier alpha value is -1.22. The summed E-state index contributed by atoms with van der Waals surface area (Å²) in [5.74, 6) is -0.615. The minimum atomic E-state index is -1.43. The number of hydrogen-bond donors (Lipinski definition) is 4. The van der Waals surface area contributed by atoms with Crippen LogP contribution in [0.1, 0.15) is 6.92 Å². The first-order chi connectivity index (χ1) is 7.90. The highest BCUT2D eigenvalue weighted by Crippen LogP contribution is 2.31. The Morgan fingerprint density at radius 3 is 2.41 bits per heavy atom. The Morgan fingerprint density at radius 2 is 2.00 bits per heavy atom. The number of urea groups is 1. The number of rotatable bonds is 2. The van der Waals surface area contributed by atoms with Gasteiger partial charge in [-0.3, -0.25) is 10.1 Å². The average Bonchev–Trinajstić information content (AvgIpc) is 2.68. The van der Waals surface area contributed by atoms with Crippen LogP contribution in [0, 0.1) is 0 Å². The monoisotopic (exact) mass is 246 g/mol. The fourth-order valence-electron chi connectivity index (χ4n) is 2.08. The summed E-state index contributed by atoms with van der Waals surface area (Å²) in [6.45, 7) is 1.41. The molecule has 0 aliphatic carbocycles. The van der Waals surface area contributed by atoms with Crippen molar-refractivity contribution in [3.63, 3.8) is 0 Å². The maximum Gasteiger partial charge on any atom is 0.322 e. The van der Waals surface area contributed by atoms with E-state index in [0.717, 1.165) is 0 Å². The molecule has 8 heteroatoms. The Morgan fingerprint density at radius 1 is 1.35 bits per heavy atom. The van der Waals surface area contributed by atoms with Gasteiger partial charge >= 0.3 is 6.03 Å². The zero-order chi connectivity index (χ0) is 12.8. The van der Waals surface area contributed by atoms with Crippen LogP contribution in [-0.4, -0.2) is 59.4 Å². The number of carbonyl (C=O) groups excluding carboxylic acids is 2. The van der Waals surface area contributed by atoms with Crippen molar-refractivity contribution in [1.29, 1.82) is 0 Å². The van der Waals surface area contributed by atoms with Gasteiger partial charge in [0.25, 0.3) is 5.91 Å². The summed E-state index contributed by atoms with van der Waals surface area (Å²) in [7, 11) is 1.30. The summed E-state index contributed by atoms with van der Waals surface area (Å²) in [5, 5.41) is 23.8. The maximum atomic E-state index is 11.6. The molecule has 5 atom stereocenters. The number of aliphatic hydroxyl groups excluding tert-OH is 2. The maximum absolute atomic E-state index is 11.6. The van der Waals surface area contributed by atoms with Crippen LogP contribution < -0.4 is 10.6 Å². The second-order valence-electron chi connectivity index (χ2n) is 4.25.